The lowest BCUT2D eigenvalue weighted by Gasteiger charge is -2.29. The molecular weight excluding hydrogens is 2020 g/mol. The molecule has 3 aromatic carbocycles. The Bertz CT molecular complexity index is 5680. The largest absolute Gasteiger partial charge is 0.508 e. The van der Waals surface area contributed by atoms with Crippen LogP contribution in [0.1, 0.15) is 143 Å². The number of phenols is 1. The Morgan fingerprint density at radius 3 is 1.67 bits per heavy atom. The number of fused-ring (bicyclic) bond motifs is 5. The zero-order chi connectivity index (χ0) is 110. The van der Waals surface area contributed by atoms with Crippen molar-refractivity contribution in [3.63, 3.8) is 0 Å². The van der Waals surface area contributed by atoms with Gasteiger partial charge in [0.15, 0.2) is 11.8 Å². The normalized spacial score (nSPS) is 26.1. The fourth-order valence-corrected chi connectivity index (χ4v) is 19.1. The molecule has 150 heavy (non-hydrogen) atoms. The maximum atomic E-state index is 15.4. The Balaban J connectivity index is 1.14. The second kappa shape index (κ2) is 61.6. The molecule has 820 valence electrons. The number of nitrogens with zero attached hydrogens (tertiary/aromatic N) is 21. The third kappa shape index (κ3) is 39.2. The predicted molar refractivity (Wildman–Crippen MR) is 599 cm³/mol. The second-order valence-corrected chi connectivity index (χ2v) is 40.8. The van der Waals surface area contributed by atoms with Crippen molar-refractivity contribution in [3.8, 4) is 5.75 Å². The highest BCUT2D eigenvalue weighted by atomic mass is 32.2. The molecule has 2 bridgehead atoms. The zero-order valence-corrected chi connectivity index (χ0v) is 87.9. The van der Waals surface area contributed by atoms with Crippen LogP contribution in [0.15, 0.2) is 208 Å². The van der Waals surface area contributed by atoms with Gasteiger partial charge in [-0.1, -0.05) is 120 Å². The first-order valence-electron chi connectivity index (χ1n) is 49.0. The summed E-state index contributed by atoms with van der Waals surface area (Å²) < 4.78 is 0. The number of hydrogen-bond acceptors (Lipinski definition) is 30. The Kier molecular flexibility index (Phi) is 50.0. The van der Waals surface area contributed by atoms with Crippen LogP contribution in [0.25, 0.3) is 0 Å². The van der Waals surface area contributed by atoms with E-state index in [1.807, 2.05) is 20.8 Å². The number of aromatic hydroxyl groups is 1. The number of carbonyl (C=O) groups is 1. The zero-order valence-electron chi connectivity index (χ0n) is 84.6. The molecule has 5 aliphatic rings. The fourth-order valence-electron chi connectivity index (χ4n) is 15.3. The lowest BCUT2D eigenvalue weighted by molar-refractivity contribution is -0.132. The molecule has 1 amide bonds. The second-order valence-electron chi connectivity index (χ2n) is 36.3. The van der Waals surface area contributed by atoms with Crippen LogP contribution in [0.3, 0.4) is 0 Å². The van der Waals surface area contributed by atoms with Crippen molar-refractivity contribution < 1.29 is 117 Å². The van der Waals surface area contributed by atoms with Crippen LogP contribution < -0.4 is 17.2 Å². The number of unbranched alkanes of at least 4 members (excludes halogenated alkanes) is 2. The summed E-state index contributed by atoms with van der Waals surface area (Å²) >= 11 is 3.75. The Labute approximate surface area is 885 Å². The molecule has 48 nitrogen and oxygen atoms in total. The first-order valence-corrected chi connectivity index (χ1v) is 53.4. The number of rotatable bonds is 36. The van der Waals surface area contributed by atoms with Gasteiger partial charge in [-0.25, -0.2) is 99.8 Å². The first kappa shape index (κ1) is 122. The highest BCUT2D eigenvalue weighted by Gasteiger charge is 2.42. The quantitative estimate of drug-likeness (QED) is 0.0146. The van der Waals surface area contributed by atoms with Crippen LogP contribution in [0.4, 0.5) is 0 Å². The standard InChI is InChI=1S/C98H141N25O23S4/c1-9-52(5)78(102)97(145)107-54(7)81(129)118-71-48-149-49-72(121-86(134)63(38-51(3)4)113-87(135)64(39-56-22-13-11-14-23-56)114-85(133)62(112-93(71)141)27-18-20-34-100)95(143)122-79-55(8)150-50-73(109-77(127)44-105-96(144)74-28-21-36-123(74)98(79)146)91(139)106-53(6)80(128)111-61(26-17-19-33-99)84(132)110-60(10-2)82(130)104-43-76(126)108-69-47-148-46-68-83(131)103-35-37-147-45-70(94(142)116-66(89(137)119-68)41-58-29-31-59(124)32-30-58)120-90(138)67(42-75(101)125)117-88(136)65(115-92(69)140)40-57-24-15-12-16-25-57/h10-16,22-25,29-32,35,37,51-55,61-74,78-79,124H,9,17-21,26-28,33-34,36,38-50,99-100,102H2,1-8H3,(H2,101,125)(H,103,131)(H,104,130)(H,105,144)(H,106,139)(H,107,145)(H,108,126)(H,109,127)(H,110,132)(H,111,128)(H,112,141)(H,113,135)(H,114,133)(H,115,140)(H,116,142)(H,117,136)(H,118,129)(H,119,137)(H,120,138)(H,121,134)(H,122,143)/t52-,53-,54-,55-,61-,62?,63-,64?,65?,66-,67-,68-,69+,70+,71?,72?,73-,74-,78-,79+/m0/s1. The van der Waals surface area contributed by atoms with E-state index in [0.717, 1.165) is 47.0 Å². The maximum Gasteiger partial charge on any atom is 0.249 e. The predicted octanol–water partition coefficient (Wildman–Crippen LogP) is 11.8. The highest BCUT2D eigenvalue weighted by Crippen LogP contribution is 2.31. The Morgan fingerprint density at radius 2 is 1.07 bits per heavy atom. The molecule has 1 fully saturated rings. The maximum absolute atomic E-state index is 15.4. The SMILES string of the molecule is CC=C(N=C(O)[C@H](CCCCN)N=C(O)[C@H](C)N=C(O)[C@@H]1CS[C@@H](C)[C@@H](N=C(O)C2CSCC(N=C(O)[C@H](C)N=C(O)[C@@H](N)[C@@H](C)CC)C(O)=NC(CCCCN)C(O)=NC(Cc3ccccc3)C(O)=N[C@@H](CC(C)C)C(O)=N2)C(=O)N2CCC[C@H]2C(O)=NCC(O)=N1)C(O)=NCC(O)=N[C@@H]1CSC[C@@H]2N=C(O)[C@H](Cc3ccc(O)cc3)N=C(O)[C@@H](CSC=CN=C2O)N=C(O)[C@H](CC(=N)O)N=C(O)C(Cc2ccccc2)N=C1O. The number of nitrogens with one attached hydrogen (secondary N) is 1. The van der Waals surface area contributed by atoms with Gasteiger partial charge >= 0.3 is 0 Å². The number of nitrogens with two attached hydrogens (primary N) is 3. The van der Waals surface area contributed by atoms with Crippen LogP contribution in [0, 0.1) is 17.2 Å². The Hall–Kier alpha value is -13.4. The molecular formula is C98H141N25O23S4. The molecule has 0 radical (unpaired) electrons. The van der Waals surface area contributed by atoms with E-state index >= 15 is 4.79 Å². The monoisotopic (exact) mass is 2160 g/mol. The highest BCUT2D eigenvalue weighted by molar-refractivity contribution is 8.02. The van der Waals surface area contributed by atoms with Crippen LogP contribution in [-0.2, 0) is 24.1 Å². The van der Waals surface area contributed by atoms with Crippen molar-refractivity contribution in [1.82, 2.24) is 4.90 Å². The molecule has 1 saturated heterocycles. The number of hydrogen-bond donors (Lipinski definition) is 26. The summed E-state index contributed by atoms with van der Waals surface area (Å²) in [6.45, 7) is 11.8. The average molecular weight is 2170 g/mol. The van der Waals surface area contributed by atoms with Gasteiger partial charge in [0.1, 0.15) is 127 Å². The van der Waals surface area contributed by atoms with Crippen LogP contribution in [0.5, 0.6) is 5.75 Å². The van der Waals surface area contributed by atoms with Crippen molar-refractivity contribution in [2.24, 2.45) is 129 Å². The molecule has 0 spiro atoms. The summed E-state index contributed by atoms with van der Waals surface area (Å²) in [7, 11) is 0. The van der Waals surface area contributed by atoms with E-state index in [9.17, 15) is 112 Å². The van der Waals surface area contributed by atoms with Crippen molar-refractivity contribution in [2.45, 2.75) is 259 Å². The summed E-state index contributed by atoms with van der Waals surface area (Å²) in [6, 6.07) is -3.21. The molecule has 8 rings (SSSR count). The van der Waals surface area contributed by atoms with Gasteiger partial charge in [0.2, 0.25) is 118 Å². The smallest absolute Gasteiger partial charge is 0.249 e. The summed E-state index contributed by atoms with van der Waals surface area (Å²) in [5.74, 6) is -19.8. The molecule has 5 heterocycles. The van der Waals surface area contributed by atoms with Crippen molar-refractivity contribution in [2.75, 3.05) is 67.2 Å². The molecule has 3 aromatic rings. The number of thioether (sulfide) groups is 4. The van der Waals surface area contributed by atoms with Gasteiger partial charge < -0.3 is 134 Å². The van der Waals surface area contributed by atoms with Crippen molar-refractivity contribution >= 4 is 177 Å². The van der Waals surface area contributed by atoms with Gasteiger partial charge in [-0.3, -0.25) is 10.2 Å². The third-order valence-electron chi connectivity index (χ3n) is 24.0. The lowest BCUT2D eigenvalue weighted by atomic mass is 10.00. The van der Waals surface area contributed by atoms with E-state index in [0.29, 0.717) is 48.8 Å². The van der Waals surface area contributed by atoms with Crippen LogP contribution in [0.2, 0.25) is 0 Å². The number of aliphatic hydroxyl groups excluding tert-OH is 21. The number of aliphatic imine (C=N–C) groups is 20. The van der Waals surface area contributed by atoms with E-state index < -0.39 is 269 Å². The molecule has 0 aromatic heterocycles. The number of carbonyl (C=O) groups excluding carboxylic acids is 1. The molecule has 5 unspecified atom stereocenters. The van der Waals surface area contributed by atoms with Gasteiger partial charge in [-0.05, 0) is 138 Å². The van der Waals surface area contributed by atoms with Gasteiger partial charge in [0, 0.05) is 71.8 Å². The molecule has 52 heteroatoms. The summed E-state index contributed by atoms with van der Waals surface area (Å²) in [4.78, 5) is 104. The fraction of sp³-hybridized carbons (Fsp3) is 0.551. The molecule has 29 N–H and O–H groups in total. The number of aliphatic hydroxyl groups is 21. The van der Waals surface area contributed by atoms with E-state index in [-0.39, 0.29) is 123 Å². The van der Waals surface area contributed by atoms with Gasteiger partial charge in [-0.15, -0.1) is 11.8 Å². The van der Waals surface area contributed by atoms with Gasteiger partial charge in [0.25, 0.3) is 0 Å². The lowest BCUT2D eigenvalue weighted by Crippen LogP contribution is -2.48. The van der Waals surface area contributed by atoms with Crippen molar-refractivity contribution in [1.29, 1.82) is 5.41 Å². The van der Waals surface area contributed by atoms with E-state index in [2.05, 4.69) is 99.8 Å². The van der Waals surface area contributed by atoms with E-state index in [4.69, 9.17) is 22.6 Å². The molecule has 5 aliphatic heterocycles. The average Bonchev–Trinajstić information content (AvgIpc) is 1.63. The van der Waals surface area contributed by atoms with E-state index in [1.54, 1.807) is 74.5 Å². The third-order valence-corrected chi connectivity index (χ3v) is 28.3. The minimum absolute atomic E-state index is 0.0165. The number of amides is 1. The Morgan fingerprint density at radius 1 is 0.533 bits per heavy atom. The summed E-state index contributed by atoms with van der Waals surface area (Å²) in [6.07, 6.45) is 3.57. The molecule has 20 atom stereocenters. The van der Waals surface area contributed by atoms with Crippen LogP contribution in [-0.4, -0.2) is 428 Å². The molecule has 0 aliphatic carbocycles. The van der Waals surface area contributed by atoms with Gasteiger partial charge in [-0.2, -0.15) is 35.3 Å². The number of phenolic OH excluding ortho intramolecular Hbond substituents is 1. The first-order chi connectivity index (χ1) is 71.5. The number of allylic oxidation sites excluding steroid dienone is 1. The number of benzene rings is 3. The minimum atomic E-state index is -1.78. The topological polar surface area (TPSA) is 814 Å². The molecule has 0 saturated carbocycles. The van der Waals surface area contributed by atoms with Crippen molar-refractivity contribution in [3.05, 3.63) is 125 Å². The minimum Gasteiger partial charge on any atom is -0.508 e. The van der Waals surface area contributed by atoms with E-state index in [1.165, 1.54) is 67.6 Å². The van der Waals surface area contributed by atoms with Gasteiger partial charge in [0.05, 0.1) is 12.5 Å². The summed E-state index contributed by atoms with van der Waals surface area (Å²) in [5, 5.41) is 267. The van der Waals surface area contributed by atoms with Crippen LogP contribution >= 0.6 is 47.0 Å². The summed E-state index contributed by atoms with van der Waals surface area (Å²) in [5.41, 5.74) is 19.3.